The Kier molecular flexibility index (Phi) is 13.8. The summed E-state index contributed by atoms with van der Waals surface area (Å²) in [6, 6.07) is 8.33. The Bertz CT molecular complexity index is 480. The second-order valence-corrected chi connectivity index (χ2v) is 7.92. The van der Waals surface area contributed by atoms with Gasteiger partial charge in [0.2, 0.25) is 0 Å². The lowest BCUT2D eigenvalue weighted by Gasteiger charge is -2.23. The Morgan fingerprint density at radius 2 is 1.19 bits per heavy atom. The molecule has 2 nitrogen and oxygen atoms in total. The van der Waals surface area contributed by atoms with Crippen molar-refractivity contribution in [3.8, 4) is 0 Å². The molecule has 0 N–H and O–H groups in total. The van der Waals surface area contributed by atoms with Crippen LogP contribution in [0.2, 0.25) is 0 Å². The van der Waals surface area contributed by atoms with Gasteiger partial charge in [-0.3, -0.25) is 4.79 Å². The summed E-state index contributed by atoms with van der Waals surface area (Å²) < 4.78 is 0. The van der Waals surface area contributed by atoms with E-state index in [0.717, 1.165) is 44.3 Å². The summed E-state index contributed by atoms with van der Waals surface area (Å²) in [6.07, 6.45) is 16.3. The van der Waals surface area contributed by atoms with Crippen LogP contribution in [0.4, 0.5) is 0 Å². The highest BCUT2D eigenvalue weighted by molar-refractivity contribution is 5.94. The Morgan fingerprint density at radius 3 is 1.78 bits per heavy atom. The predicted octanol–water partition coefficient (Wildman–Crippen LogP) is 7.41. The van der Waals surface area contributed by atoms with E-state index in [1.54, 1.807) is 0 Å². The largest absolute Gasteiger partial charge is 0.339 e. The van der Waals surface area contributed by atoms with Gasteiger partial charge in [0.15, 0.2) is 0 Å². The highest BCUT2D eigenvalue weighted by Gasteiger charge is 2.14. The van der Waals surface area contributed by atoms with Crippen LogP contribution in [-0.4, -0.2) is 23.9 Å². The average molecular weight is 374 g/mol. The Balaban J connectivity index is 2.43. The number of unbranched alkanes of at least 4 members (excludes halogenated alkanes) is 9. The topological polar surface area (TPSA) is 20.3 Å². The standard InChI is InChI=1S/C25H43NO/c1-4-7-10-11-12-13-14-15-22-26(21-9-6-3)25(27)24-19-17-23(18-20-24)16-8-5-2/h17-20H,4-16,21-22H2,1-3H3. The lowest BCUT2D eigenvalue weighted by molar-refractivity contribution is 0.0750. The molecule has 2 heteroatoms. The number of nitrogens with zero attached hydrogens (tertiary/aromatic N) is 1. The van der Waals surface area contributed by atoms with Crippen molar-refractivity contribution in [1.82, 2.24) is 4.90 Å². The van der Waals surface area contributed by atoms with Crippen molar-refractivity contribution in [1.29, 1.82) is 0 Å². The highest BCUT2D eigenvalue weighted by atomic mass is 16.2. The number of amides is 1. The van der Waals surface area contributed by atoms with Gasteiger partial charge in [-0.05, 0) is 43.4 Å². The Morgan fingerprint density at radius 1 is 0.667 bits per heavy atom. The maximum atomic E-state index is 12.9. The zero-order chi connectivity index (χ0) is 19.7. The molecule has 0 heterocycles. The SMILES string of the molecule is CCCCCCCCCCN(CCCC)C(=O)c1ccc(CCCC)cc1. The molecule has 0 saturated carbocycles. The first kappa shape index (κ1) is 23.7. The molecule has 0 aliphatic heterocycles. The minimum atomic E-state index is 0.216. The molecule has 1 rings (SSSR count). The van der Waals surface area contributed by atoms with Gasteiger partial charge < -0.3 is 4.90 Å². The van der Waals surface area contributed by atoms with Crippen LogP contribution in [0.1, 0.15) is 114 Å². The van der Waals surface area contributed by atoms with Gasteiger partial charge in [0.25, 0.3) is 5.91 Å². The number of carbonyl (C=O) groups excluding carboxylic acids is 1. The molecule has 1 amide bonds. The van der Waals surface area contributed by atoms with Crippen LogP contribution in [0.15, 0.2) is 24.3 Å². The van der Waals surface area contributed by atoms with Gasteiger partial charge in [-0.1, -0.05) is 90.7 Å². The van der Waals surface area contributed by atoms with Crippen molar-refractivity contribution >= 4 is 5.91 Å². The minimum Gasteiger partial charge on any atom is -0.339 e. The lowest BCUT2D eigenvalue weighted by atomic mass is 10.1. The molecular weight excluding hydrogens is 330 g/mol. The van der Waals surface area contributed by atoms with Gasteiger partial charge in [0.05, 0.1) is 0 Å². The van der Waals surface area contributed by atoms with Crippen LogP contribution in [0.3, 0.4) is 0 Å². The highest BCUT2D eigenvalue weighted by Crippen LogP contribution is 2.13. The van der Waals surface area contributed by atoms with E-state index in [9.17, 15) is 4.79 Å². The first-order valence-corrected chi connectivity index (χ1v) is 11.6. The first-order chi connectivity index (χ1) is 13.2. The van der Waals surface area contributed by atoms with Gasteiger partial charge in [-0.15, -0.1) is 0 Å². The van der Waals surface area contributed by atoms with E-state index in [1.807, 2.05) is 12.1 Å². The lowest BCUT2D eigenvalue weighted by Crippen LogP contribution is -2.33. The van der Waals surface area contributed by atoms with Crippen molar-refractivity contribution in [2.24, 2.45) is 0 Å². The van der Waals surface area contributed by atoms with E-state index in [0.29, 0.717) is 0 Å². The maximum absolute atomic E-state index is 12.9. The van der Waals surface area contributed by atoms with E-state index in [2.05, 4.69) is 37.8 Å². The molecule has 0 aromatic heterocycles. The predicted molar refractivity (Wildman–Crippen MR) is 118 cm³/mol. The molecule has 1 aromatic rings. The molecule has 0 aliphatic carbocycles. The van der Waals surface area contributed by atoms with Crippen molar-refractivity contribution < 1.29 is 4.79 Å². The summed E-state index contributed by atoms with van der Waals surface area (Å²) in [6.45, 7) is 8.48. The molecular formula is C25H43NO. The van der Waals surface area contributed by atoms with E-state index < -0.39 is 0 Å². The fourth-order valence-corrected chi connectivity index (χ4v) is 3.48. The van der Waals surface area contributed by atoms with E-state index in [4.69, 9.17) is 0 Å². The summed E-state index contributed by atoms with van der Waals surface area (Å²) in [5.74, 6) is 0.216. The maximum Gasteiger partial charge on any atom is 0.253 e. The van der Waals surface area contributed by atoms with E-state index in [-0.39, 0.29) is 5.91 Å². The van der Waals surface area contributed by atoms with Crippen molar-refractivity contribution in [2.45, 2.75) is 104 Å². The van der Waals surface area contributed by atoms with Gasteiger partial charge in [-0.2, -0.15) is 0 Å². The zero-order valence-corrected chi connectivity index (χ0v) is 18.3. The molecule has 154 valence electrons. The Labute approximate surface area is 168 Å². The first-order valence-electron chi connectivity index (χ1n) is 11.6. The Hall–Kier alpha value is -1.31. The van der Waals surface area contributed by atoms with Gasteiger partial charge in [0.1, 0.15) is 0 Å². The molecule has 0 bridgehead atoms. The molecule has 27 heavy (non-hydrogen) atoms. The fraction of sp³-hybridized carbons (Fsp3) is 0.720. The summed E-state index contributed by atoms with van der Waals surface area (Å²) in [7, 11) is 0. The van der Waals surface area contributed by atoms with Crippen LogP contribution in [0.5, 0.6) is 0 Å². The van der Waals surface area contributed by atoms with Crippen molar-refractivity contribution in [3.05, 3.63) is 35.4 Å². The molecule has 0 aliphatic rings. The smallest absolute Gasteiger partial charge is 0.253 e. The fourth-order valence-electron chi connectivity index (χ4n) is 3.48. The van der Waals surface area contributed by atoms with E-state index in [1.165, 1.54) is 63.4 Å². The summed E-state index contributed by atoms with van der Waals surface area (Å²) in [5, 5.41) is 0. The minimum absolute atomic E-state index is 0.216. The molecule has 0 atom stereocenters. The van der Waals surface area contributed by atoms with Crippen LogP contribution in [0.25, 0.3) is 0 Å². The normalized spacial score (nSPS) is 10.9. The number of benzene rings is 1. The van der Waals surface area contributed by atoms with Gasteiger partial charge in [0, 0.05) is 18.7 Å². The van der Waals surface area contributed by atoms with Gasteiger partial charge in [-0.25, -0.2) is 0 Å². The summed E-state index contributed by atoms with van der Waals surface area (Å²) in [4.78, 5) is 15.0. The average Bonchev–Trinajstić information content (AvgIpc) is 2.70. The second kappa shape index (κ2) is 15.7. The number of carbonyl (C=O) groups is 1. The second-order valence-electron chi connectivity index (χ2n) is 7.92. The third-order valence-corrected chi connectivity index (χ3v) is 5.37. The molecule has 0 radical (unpaired) electrons. The van der Waals surface area contributed by atoms with Crippen LogP contribution in [-0.2, 0) is 6.42 Å². The molecule has 0 fully saturated rings. The summed E-state index contributed by atoms with van der Waals surface area (Å²) in [5.41, 5.74) is 2.20. The monoisotopic (exact) mass is 373 g/mol. The molecule has 0 saturated heterocycles. The molecule has 0 spiro atoms. The van der Waals surface area contributed by atoms with Crippen LogP contribution < -0.4 is 0 Å². The van der Waals surface area contributed by atoms with Crippen LogP contribution in [0, 0.1) is 0 Å². The van der Waals surface area contributed by atoms with Crippen molar-refractivity contribution in [3.63, 3.8) is 0 Å². The zero-order valence-electron chi connectivity index (χ0n) is 18.3. The van der Waals surface area contributed by atoms with Gasteiger partial charge >= 0.3 is 0 Å². The quantitative estimate of drug-likeness (QED) is 0.276. The third kappa shape index (κ3) is 10.6. The number of aryl methyl sites for hydroxylation is 1. The molecule has 1 aromatic carbocycles. The molecule has 0 unspecified atom stereocenters. The number of hydrogen-bond donors (Lipinski definition) is 0. The number of hydrogen-bond acceptors (Lipinski definition) is 1. The third-order valence-electron chi connectivity index (χ3n) is 5.37. The summed E-state index contributed by atoms with van der Waals surface area (Å²) >= 11 is 0. The van der Waals surface area contributed by atoms with Crippen molar-refractivity contribution in [2.75, 3.05) is 13.1 Å². The number of rotatable bonds is 16. The van der Waals surface area contributed by atoms with E-state index >= 15 is 0 Å². The van der Waals surface area contributed by atoms with Crippen LogP contribution >= 0.6 is 0 Å².